The minimum absolute atomic E-state index is 0.00360. The fourth-order valence-corrected chi connectivity index (χ4v) is 5.11. The molecule has 3 heterocycles. The highest BCUT2D eigenvalue weighted by molar-refractivity contribution is 9.10. The molecule has 2 aromatic heterocycles. The number of hydrogen-bond donors (Lipinski definition) is 2. The number of rotatable bonds is 5. The highest BCUT2D eigenvalue weighted by Crippen LogP contribution is 2.43. The van der Waals surface area contributed by atoms with E-state index in [1.54, 1.807) is 15.6 Å². The number of nitrogens with one attached hydrogen (secondary N) is 2. The van der Waals surface area contributed by atoms with Crippen molar-refractivity contribution in [3.05, 3.63) is 81.2 Å². The number of fused-ring (bicyclic) bond motifs is 2. The van der Waals surface area contributed by atoms with E-state index >= 15 is 0 Å². The molecule has 2 N–H and O–H groups in total. The monoisotopic (exact) mass is 519 g/mol. The van der Waals surface area contributed by atoms with E-state index < -0.39 is 5.41 Å². The van der Waals surface area contributed by atoms with Gasteiger partial charge >= 0.3 is 0 Å². The van der Waals surface area contributed by atoms with Gasteiger partial charge in [-0.15, -0.1) is 0 Å². The van der Waals surface area contributed by atoms with E-state index in [9.17, 15) is 9.59 Å². The lowest BCUT2D eigenvalue weighted by atomic mass is 9.86. The number of benzene rings is 2. The zero-order valence-corrected chi connectivity index (χ0v) is 21.2. The van der Waals surface area contributed by atoms with Crippen LogP contribution in [0.15, 0.2) is 53.0 Å². The molecule has 5 rings (SSSR count). The van der Waals surface area contributed by atoms with Crippen LogP contribution in [-0.2, 0) is 30.3 Å². The number of aromatic nitrogens is 3. The lowest BCUT2D eigenvalue weighted by molar-refractivity contribution is -0.122. The number of nitrogens with zero attached hydrogens (tertiary/aromatic N) is 3. The number of H-pyrrole nitrogens is 1. The highest BCUT2D eigenvalue weighted by atomic mass is 79.9. The number of aryl methyl sites for hydroxylation is 2. The quantitative estimate of drug-likeness (QED) is 0.399. The topological polar surface area (TPSA) is 83.0 Å². The summed E-state index contributed by atoms with van der Waals surface area (Å²) in [6.45, 7) is 6.53. The number of para-hydroxylation sites is 1. The SMILES string of the molecule is Cc1nn(C)c(CN2C(=O)C(C)(C)c3ccc(C(=O)NCc4cc5ccccc5[nH]4)cc32)c1Br. The van der Waals surface area contributed by atoms with Crippen LogP contribution in [-0.4, -0.2) is 26.6 Å². The van der Waals surface area contributed by atoms with E-state index in [4.69, 9.17) is 0 Å². The summed E-state index contributed by atoms with van der Waals surface area (Å²) in [5.41, 5.74) is 5.28. The van der Waals surface area contributed by atoms with Crippen molar-refractivity contribution in [2.45, 2.75) is 39.3 Å². The standard InChI is InChI=1S/C26H26BrN5O2/c1-15-23(27)22(31(4)30-15)14-32-21-12-17(9-10-19(21)26(2,3)25(32)34)24(33)28-13-18-11-16-7-5-6-8-20(16)29-18/h5-12,29H,13-14H2,1-4H3,(H,28,33). The third-order valence-corrected chi connectivity index (χ3v) is 7.63. The Morgan fingerprint density at radius 1 is 1.18 bits per heavy atom. The third kappa shape index (κ3) is 3.62. The number of halogens is 1. The largest absolute Gasteiger partial charge is 0.357 e. The van der Waals surface area contributed by atoms with E-state index in [2.05, 4.69) is 31.3 Å². The molecule has 7 nitrogen and oxygen atoms in total. The lowest BCUT2D eigenvalue weighted by Gasteiger charge is -2.21. The Morgan fingerprint density at radius 3 is 2.65 bits per heavy atom. The van der Waals surface area contributed by atoms with Crippen LogP contribution in [0.4, 0.5) is 5.69 Å². The average molecular weight is 520 g/mol. The van der Waals surface area contributed by atoms with Crippen molar-refractivity contribution in [1.29, 1.82) is 0 Å². The van der Waals surface area contributed by atoms with Crippen molar-refractivity contribution in [3.63, 3.8) is 0 Å². The molecule has 1 aliphatic heterocycles. The number of amides is 2. The van der Waals surface area contributed by atoms with E-state index in [1.165, 1.54) is 0 Å². The molecule has 1 aliphatic rings. The first-order valence-corrected chi connectivity index (χ1v) is 12.0. The maximum absolute atomic E-state index is 13.4. The van der Waals surface area contributed by atoms with Gasteiger partial charge in [0.2, 0.25) is 5.91 Å². The second-order valence-corrected chi connectivity index (χ2v) is 10.1. The summed E-state index contributed by atoms with van der Waals surface area (Å²) in [5.74, 6) is -0.181. The normalized spacial score (nSPS) is 14.6. The fraction of sp³-hybridized carbons (Fsp3) is 0.269. The van der Waals surface area contributed by atoms with Crippen LogP contribution < -0.4 is 10.2 Å². The Labute approximate surface area is 206 Å². The van der Waals surface area contributed by atoms with Crippen molar-refractivity contribution < 1.29 is 9.59 Å². The fourth-order valence-electron chi connectivity index (χ4n) is 4.65. The Hall–Kier alpha value is -3.39. The predicted molar refractivity (Wildman–Crippen MR) is 136 cm³/mol. The number of hydrogen-bond acceptors (Lipinski definition) is 3. The molecule has 34 heavy (non-hydrogen) atoms. The van der Waals surface area contributed by atoms with E-state index in [0.717, 1.165) is 43.7 Å². The van der Waals surface area contributed by atoms with Gasteiger partial charge in [-0.2, -0.15) is 5.10 Å². The second-order valence-electron chi connectivity index (χ2n) is 9.28. The van der Waals surface area contributed by atoms with Gasteiger partial charge in [-0.1, -0.05) is 24.3 Å². The molecule has 0 fully saturated rings. The Balaban J connectivity index is 1.41. The molecule has 4 aromatic rings. The van der Waals surface area contributed by atoms with Gasteiger partial charge in [-0.25, -0.2) is 0 Å². The molecule has 0 saturated carbocycles. The highest BCUT2D eigenvalue weighted by Gasteiger charge is 2.44. The van der Waals surface area contributed by atoms with E-state index in [0.29, 0.717) is 18.7 Å². The zero-order valence-electron chi connectivity index (χ0n) is 19.6. The molecule has 0 unspecified atom stereocenters. The molecular weight excluding hydrogens is 494 g/mol. The second kappa shape index (κ2) is 8.13. The molecule has 2 aromatic carbocycles. The summed E-state index contributed by atoms with van der Waals surface area (Å²) in [7, 11) is 1.87. The number of carbonyl (C=O) groups excluding carboxylic acids is 2. The van der Waals surface area contributed by atoms with Crippen LogP contribution in [0, 0.1) is 6.92 Å². The number of aromatic amines is 1. The summed E-state index contributed by atoms with van der Waals surface area (Å²) in [6.07, 6.45) is 0. The van der Waals surface area contributed by atoms with Gasteiger partial charge in [0, 0.05) is 29.5 Å². The van der Waals surface area contributed by atoms with Gasteiger partial charge in [-0.3, -0.25) is 14.3 Å². The first-order chi connectivity index (χ1) is 16.2. The zero-order chi connectivity index (χ0) is 24.2. The molecule has 0 bridgehead atoms. The van der Waals surface area contributed by atoms with E-state index in [-0.39, 0.29) is 11.8 Å². The minimum Gasteiger partial charge on any atom is -0.357 e. The Bertz CT molecular complexity index is 1420. The van der Waals surface area contributed by atoms with Crippen molar-refractivity contribution in [2.75, 3.05) is 4.90 Å². The van der Waals surface area contributed by atoms with Crippen molar-refractivity contribution in [3.8, 4) is 0 Å². The van der Waals surface area contributed by atoms with Gasteiger partial charge in [-0.05, 0) is 71.9 Å². The number of carbonyl (C=O) groups is 2. The Kier molecular flexibility index (Phi) is 5.36. The number of anilines is 1. The van der Waals surface area contributed by atoms with Crippen LogP contribution in [0.1, 0.15) is 46.9 Å². The van der Waals surface area contributed by atoms with Gasteiger partial charge in [0.05, 0.1) is 34.4 Å². The van der Waals surface area contributed by atoms with Crippen molar-refractivity contribution in [1.82, 2.24) is 20.1 Å². The third-order valence-electron chi connectivity index (χ3n) is 6.60. The maximum atomic E-state index is 13.4. The first kappa shape index (κ1) is 22.4. The van der Waals surface area contributed by atoms with Gasteiger partial charge in [0.15, 0.2) is 0 Å². The maximum Gasteiger partial charge on any atom is 0.251 e. The molecule has 0 radical (unpaired) electrons. The first-order valence-electron chi connectivity index (χ1n) is 11.2. The Morgan fingerprint density at radius 2 is 1.94 bits per heavy atom. The van der Waals surface area contributed by atoms with E-state index in [1.807, 2.05) is 70.3 Å². The molecule has 0 aliphatic carbocycles. The lowest BCUT2D eigenvalue weighted by Crippen LogP contribution is -2.36. The van der Waals surface area contributed by atoms with Crippen LogP contribution in [0.5, 0.6) is 0 Å². The summed E-state index contributed by atoms with van der Waals surface area (Å²) < 4.78 is 2.68. The van der Waals surface area contributed by atoms with Gasteiger partial charge in [0.25, 0.3) is 5.91 Å². The molecule has 8 heteroatoms. The molecule has 0 saturated heterocycles. The molecule has 0 spiro atoms. The van der Waals surface area contributed by atoms with Crippen LogP contribution in [0.3, 0.4) is 0 Å². The molecular formula is C26H26BrN5O2. The van der Waals surface area contributed by atoms with Gasteiger partial charge < -0.3 is 15.2 Å². The average Bonchev–Trinajstić information content (AvgIpc) is 3.40. The van der Waals surface area contributed by atoms with Crippen LogP contribution >= 0.6 is 15.9 Å². The molecule has 2 amide bonds. The molecule has 174 valence electrons. The van der Waals surface area contributed by atoms with Crippen molar-refractivity contribution >= 4 is 44.3 Å². The van der Waals surface area contributed by atoms with Gasteiger partial charge in [0.1, 0.15) is 0 Å². The molecule has 0 atom stereocenters. The summed E-state index contributed by atoms with van der Waals surface area (Å²) >= 11 is 3.60. The predicted octanol–water partition coefficient (Wildman–Crippen LogP) is 4.73. The minimum atomic E-state index is -0.672. The summed E-state index contributed by atoms with van der Waals surface area (Å²) in [4.78, 5) is 31.5. The summed E-state index contributed by atoms with van der Waals surface area (Å²) in [6, 6.07) is 15.6. The van der Waals surface area contributed by atoms with Crippen LogP contribution in [0.25, 0.3) is 10.9 Å². The van der Waals surface area contributed by atoms with Crippen LogP contribution in [0.2, 0.25) is 0 Å². The smallest absolute Gasteiger partial charge is 0.251 e. The summed E-state index contributed by atoms with van der Waals surface area (Å²) in [5, 5.41) is 8.55. The van der Waals surface area contributed by atoms with Crippen molar-refractivity contribution in [2.24, 2.45) is 7.05 Å².